The number of piperazine rings is 1. The van der Waals surface area contributed by atoms with Gasteiger partial charge >= 0.3 is 6.18 Å². The van der Waals surface area contributed by atoms with E-state index >= 15 is 0 Å². The normalized spacial score (nSPS) is 19.0. The zero-order valence-corrected chi connectivity index (χ0v) is 23.3. The van der Waals surface area contributed by atoms with Crippen molar-refractivity contribution in [3.63, 3.8) is 0 Å². The number of rotatable bonds is 5. The highest BCUT2D eigenvalue weighted by Crippen LogP contribution is 2.41. The average Bonchev–Trinajstić information content (AvgIpc) is 3.31. The first kappa shape index (κ1) is 28.0. The van der Waals surface area contributed by atoms with E-state index in [0.29, 0.717) is 48.9 Å². The van der Waals surface area contributed by atoms with E-state index in [1.807, 2.05) is 16.7 Å². The number of hydrogen-bond acceptors (Lipinski definition) is 7. The first-order valence-corrected chi connectivity index (χ1v) is 15.0. The molecule has 1 atom stereocenters. The number of ether oxygens (including phenoxy) is 1. The lowest BCUT2D eigenvalue weighted by atomic mass is 10.1. The number of morpholine rings is 1. The molecular formula is C26H26ClF4N3O3S2. The van der Waals surface area contributed by atoms with Crippen molar-refractivity contribution in [1.29, 1.82) is 0 Å². The standard InChI is InChI=1S/C26H26ClF4N3O3S2/c1-17-16-33(23-7-2-18(28)14-21(23)26(29,30)31)8-9-34(17)19-3-5-20(6-4-19)39(35,36)24-15-22(27)25(38-24)32-10-12-37-13-11-32/h2-7,14-15,17H,8-13,16H2,1H3/t17-/m1/s1. The van der Waals surface area contributed by atoms with Crippen LogP contribution in [0, 0.1) is 5.82 Å². The number of alkyl halides is 3. The van der Waals surface area contributed by atoms with Crippen LogP contribution in [0.25, 0.3) is 0 Å². The maximum absolute atomic E-state index is 13.6. The van der Waals surface area contributed by atoms with Gasteiger partial charge in [0.2, 0.25) is 9.84 Å². The molecule has 2 aliphatic heterocycles. The molecule has 0 saturated carbocycles. The Kier molecular flexibility index (Phi) is 7.75. The fraction of sp³-hybridized carbons (Fsp3) is 0.385. The second kappa shape index (κ2) is 10.8. The smallest absolute Gasteiger partial charge is 0.378 e. The summed E-state index contributed by atoms with van der Waals surface area (Å²) < 4.78 is 86.3. The predicted molar refractivity (Wildman–Crippen MR) is 145 cm³/mol. The van der Waals surface area contributed by atoms with Gasteiger partial charge in [-0.2, -0.15) is 13.2 Å². The molecule has 0 aliphatic carbocycles. The minimum atomic E-state index is -4.67. The van der Waals surface area contributed by atoms with E-state index in [4.69, 9.17) is 16.3 Å². The van der Waals surface area contributed by atoms with E-state index in [1.165, 1.54) is 24.3 Å². The fourth-order valence-electron chi connectivity index (χ4n) is 4.96. The number of hydrogen-bond donors (Lipinski definition) is 0. The van der Waals surface area contributed by atoms with Crippen LogP contribution in [0.5, 0.6) is 0 Å². The van der Waals surface area contributed by atoms with Crippen LogP contribution in [0.15, 0.2) is 57.6 Å². The van der Waals surface area contributed by atoms with Crippen LogP contribution in [0.2, 0.25) is 5.02 Å². The van der Waals surface area contributed by atoms with Gasteiger partial charge in [-0.25, -0.2) is 12.8 Å². The van der Waals surface area contributed by atoms with Crippen molar-refractivity contribution in [2.45, 2.75) is 28.2 Å². The van der Waals surface area contributed by atoms with Crippen LogP contribution in [0.1, 0.15) is 12.5 Å². The summed E-state index contributed by atoms with van der Waals surface area (Å²) >= 11 is 7.52. The zero-order chi connectivity index (χ0) is 27.9. The van der Waals surface area contributed by atoms with E-state index in [2.05, 4.69) is 0 Å². The molecule has 0 N–H and O–H groups in total. The van der Waals surface area contributed by atoms with E-state index in [0.717, 1.165) is 23.1 Å². The van der Waals surface area contributed by atoms with E-state index in [-0.39, 0.29) is 33.9 Å². The fourth-order valence-corrected chi connectivity index (χ4v) is 8.23. The highest BCUT2D eigenvalue weighted by molar-refractivity contribution is 7.93. The van der Waals surface area contributed by atoms with Gasteiger partial charge in [0, 0.05) is 50.1 Å². The van der Waals surface area contributed by atoms with E-state index in [9.17, 15) is 26.0 Å². The molecule has 2 aliphatic rings. The molecule has 2 fully saturated rings. The molecule has 0 spiro atoms. The van der Waals surface area contributed by atoms with E-state index < -0.39 is 27.4 Å². The van der Waals surface area contributed by atoms with E-state index in [1.54, 1.807) is 17.0 Å². The second-order valence-corrected chi connectivity index (χ2v) is 13.1. The van der Waals surface area contributed by atoms with Crippen molar-refractivity contribution in [3.8, 4) is 0 Å². The van der Waals surface area contributed by atoms with Gasteiger partial charge in [0.15, 0.2) is 0 Å². The van der Waals surface area contributed by atoms with Crippen molar-refractivity contribution in [3.05, 3.63) is 64.9 Å². The Morgan fingerprint density at radius 1 is 0.974 bits per heavy atom. The van der Waals surface area contributed by atoms with Crippen LogP contribution < -0.4 is 14.7 Å². The van der Waals surface area contributed by atoms with Gasteiger partial charge in [0.1, 0.15) is 15.0 Å². The molecule has 39 heavy (non-hydrogen) atoms. The van der Waals surface area contributed by atoms with Gasteiger partial charge < -0.3 is 19.4 Å². The van der Waals surface area contributed by atoms with Gasteiger partial charge in [0.05, 0.1) is 28.7 Å². The minimum absolute atomic E-state index is 0.0529. The summed E-state index contributed by atoms with van der Waals surface area (Å²) in [5, 5.41) is 1.09. The number of nitrogens with zero attached hydrogens (tertiary/aromatic N) is 3. The topological polar surface area (TPSA) is 53.1 Å². The highest BCUT2D eigenvalue weighted by Gasteiger charge is 2.37. The van der Waals surface area contributed by atoms with Crippen LogP contribution >= 0.6 is 22.9 Å². The first-order chi connectivity index (χ1) is 18.4. The minimum Gasteiger partial charge on any atom is -0.378 e. The largest absolute Gasteiger partial charge is 0.418 e. The predicted octanol–water partition coefficient (Wildman–Crippen LogP) is 5.94. The highest BCUT2D eigenvalue weighted by atomic mass is 35.5. The third kappa shape index (κ3) is 5.70. The van der Waals surface area contributed by atoms with Crippen LogP contribution in [-0.2, 0) is 20.8 Å². The maximum atomic E-state index is 13.6. The molecule has 5 rings (SSSR count). The maximum Gasteiger partial charge on any atom is 0.418 e. The lowest BCUT2D eigenvalue weighted by molar-refractivity contribution is -0.137. The molecule has 210 valence electrons. The molecule has 6 nitrogen and oxygen atoms in total. The summed E-state index contributed by atoms with van der Waals surface area (Å²) in [6, 6.07) is 10.5. The number of sulfone groups is 1. The van der Waals surface area contributed by atoms with Crippen LogP contribution in [0.4, 0.5) is 33.9 Å². The van der Waals surface area contributed by atoms with Gasteiger partial charge in [-0.05, 0) is 55.5 Å². The van der Waals surface area contributed by atoms with Crippen molar-refractivity contribution in [1.82, 2.24) is 0 Å². The zero-order valence-electron chi connectivity index (χ0n) is 20.9. The molecule has 2 aromatic carbocycles. The Labute approximate surface area is 233 Å². The first-order valence-electron chi connectivity index (χ1n) is 12.3. The summed E-state index contributed by atoms with van der Waals surface area (Å²) in [6.07, 6.45) is -4.67. The molecule has 13 heteroatoms. The van der Waals surface area contributed by atoms with Crippen molar-refractivity contribution in [2.75, 3.05) is 60.6 Å². The van der Waals surface area contributed by atoms with Crippen molar-refractivity contribution >= 4 is 49.2 Å². The Balaban J connectivity index is 1.31. The lowest BCUT2D eigenvalue weighted by Crippen LogP contribution is -2.52. The Bertz CT molecular complexity index is 1440. The summed E-state index contributed by atoms with van der Waals surface area (Å²) in [6.45, 7) is 5.25. The summed E-state index contributed by atoms with van der Waals surface area (Å²) in [7, 11) is -3.80. The monoisotopic (exact) mass is 603 g/mol. The molecule has 1 aromatic heterocycles. The van der Waals surface area contributed by atoms with Crippen molar-refractivity contribution < 1.29 is 30.7 Å². The SMILES string of the molecule is C[C@@H]1CN(c2ccc(F)cc2C(F)(F)F)CCN1c1ccc(S(=O)(=O)c2cc(Cl)c(N3CCOCC3)s2)cc1. The summed E-state index contributed by atoms with van der Waals surface area (Å²) in [5.41, 5.74) is -0.291. The molecular weight excluding hydrogens is 578 g/mol. The third-order valence-corrected chi connectivity index (χ3v) is 10.8. The van der Waals surface area contributed by atoms with Gasteiger partial charge in [-0.1, -0.05) is 11.6 Å². The van der Waals surface area contributed by atoms with Crippen molar-refractivity contribution in [2.24, 2.45) is 0 Å². The Morgan fingerprint density at radius 3 is 2.31 bits per heavy atom. The summed E-state index contributed by atoms with van der Waals surface area (Å²) in [5.74, 6) is -0.935. The van der Waals surface area contributed by atoms with Gasteiger partial charge in [0.25, 0.3) is 0 Å². The van der Waals surface area contributed by atoms with Gasteiger partial charge in [-0.15, -0.1) is 11.3 Å². The molecule has 2 saturated heterocycles. The number of halogens is 5. The lowest BCUT2D eigenvalue weighted by Gasteiger charge is -2.43. The summed E-state index contributed by atoms with van der Waals surface area (Å²) in [4.78, 5) is 5.77. The second-order valence-electron chi connectivity index (χ2n) is 9.46. The Morgan fingerprint density at radius 2 is 1.67 bits per heavy atom. The number of thiophene rings is 1. The average molecular weight is 604 g/mol. The molecule has 3 aromatic rings. The third-order valence-electron chi connectivity index (χ3n) is 6.92. The quantitative estimate of drug-likeness (QED) is 0.336. The molecule has 0 radical (unpaired) electrons. The van der Waals surface area contributed by atoms with Crippen LogP contribution in [-0.4, -0.2) is 60.4 Å². The molecule has 0 amide bonds. The molecule has 0 unspecified atom stereocenters. The molecule has 3 heterocycles. The van der Waals surface area contributed by atoms with Crippen LogP contribution in [0.3, 0.4) is 0 Å². The molecule has 0 bridgehead atoms. The van der Waals surface area contributed by atoms with Gasteiger partial charge in [-0.3, -0.25) is 0 Å². The number of benzene rings is 2. The number of anilines is 3. The Hall–Kier alpha value is -2.54.